The first-order chi connectivity index (χ1) is 12.6. The van der Waals surface area contributed by atoms with Crippen LogP contribution in [0.4, 0.5) is 0 Å². The molecule has 0 bridgehead atoms. The van der Waals surface area contributed by atoms with Crippen molar-refractivity contribution in [1.29, 1.82) is 5.26 Å². The van der Waals surface area contributed by atoms with Gasteiger partial charge in [-0.1, -0.05) is 38.5 Å². The van der Waals surface area contributed by atoms with E-state index >= 15 is 0 Å². The zero-order valence-electron chi connectivity index (χ0n) is 17.3. The number of nitrogens with one attached hydrogen (secondary N) is 1. The Balaban J connectivity index is 0.00000114. The van der Waals surface area contributed by atoms with Crippen molar-refractivity contribution < 1.29 is 4.74 Å². The number of thiazole rings is 1. The maximum Gasteiger partial charge on any atom is 0.213 e. The predicted octanol–water partition coefficient (Wildman–Crippen LogP) is 4.51. The summed E-state index contributed by atoms with van der Waals surface area (Å²) < 4.78 is 7.38. The summed E-state index contributed by atoms with van der Waals surface area (Å²) in [6, 6.07) is 1.91. The average Bonchev–Trinajstić information content (AvgIpc) is 3.20. The smallest absolute Gasteiger partial charge is 0.213 e. The molecule has 0 spiro atoms. The number of rotatable bonds is 6. The Morgan fingerprint density at radius 2 is 2.04 bits per heavy atom. The molecule has 8 heteroatoms. The van der Waals surface area contributed by atoms with E-state index in [-0.39, 0.29) is 11.6 Å². The highest BCUT2D eigenvalue weighted by atomic mass is 32.1. The molecule has 7 nitrogen and oxygen atoms in total. The molecule has 0 aromatic carbocycles. The van der Waals surface area contributed by atoms with E-state index in [9.17, 15) is 0 Å². The molecule has 0 saturated carbocycles. The van der Waals surface area contributed by atoms with Crippen molar-refractivity contribution in [3.05, 3.63) is 35.2 Å². The molecule has 2 rings (SSSR count). The molecule has 0 amide bonds. The van der Waals surface area contributed by atoms with Crippen molar-refractivity contribution in [3.8, 4) is 11.2 Å². The van der Waals surface area contributed by atoms with E-state index < -0.39 is 0 Å². The van der Waals surface area contributed by atoms with Gasteiger partial charge in [-0.25, -0.2) is 9.97 Å². The summed E-state index contributed by atoms with van der Waals surface area (Å²) in [5.74, 6) is 1.89. The molecule has 0 aliphatic rings. The lowest BCUT2D eigenvalue weighted by atomic mass is 10.2. The van der Waals surface area contributed by atoms with Gasteiger partial charge in [-0.15, -0.1) is 5.10 Å². The molecule has 148 valence electrons. The lowest BCUT2D eigenvalue weighted by molar-refractivity contribution is 0.0385. The second kappa shape index (κ2) is 10.1. The highest BCUT2D eigenvalue weighted by Gasteiger charge is 2.21. The maximum atomic E-state index is 8.99. The molecule has 27 heavy (non-hydrogen) atoms. The van der Waals surface area contributed by atoms with Gasteiger partial charge in [0.25, 0.3) is 0 Å². The van der Waals surface area contributed by atoms with Crippen LogP contribution in [-0.4, -0.2) is 25.3 Å². The summed E-state index contributed by atoms with van der Waals surface area (Å²) in [7, 11) is 0. The maximum absolute atomic E-state index is 8.99. The van der Waals surface area contributed by atoms with Crippen LogP contribution in [0.2, 0.25) is 0 Å². The first-order valence-corrected chi connectivity index (χ1v) is 9.93. The van der Waals surface area contributed by atoms with Crippen LogP contribution in [0.1, 0.15) is 77.5 Å². The molecule has 1 atom stereocenters. The molecular formula is C19H30N6OS. The van der Waals surface area contributed by atoms with Gasteiger partial charge in [-0.2, -0.15) is 9.94 Å². The van der Waals surface area contributed by atoms with Crippen LogP contribution in [0.3, 0.4) is 0 Å². The van der Waals surface area contributed by atoms with Gasteiger partial charge in [0.05, 0.1) is 12.2 Å². The third-order valence-electron chi connectivity index (χ3n) is 2.97. The average molecular weight is 391 g/mol. The molecule has 0 radical (unpaired) electrons. The number of aryl methyl sites for hydroxylation is 1. The van der Waals surface area contributed by atoms with Crippen LogP contribution in [0.25, 0.3) is 5.13 Å². The van der Waals surface area contributed by atoms with E-state index in [1.54, 1.807) is 4.68 Å². The van der Waals surface area contributed by atoms with Crippen molar-refractivity contribution in [2.24, 2.45) is 0 Å². The second-order valence-corrected chi connectivity index (χ2v) is 7.99. The summed E-state index contributed by atoms with van der Waals surface area (Å²) in [4.78, 5) is 9.36. The molecule has 1 unspecified atom stereocenters. The number of aromatic nitrogens is 4. The van der Waals surface area contributed by atoms with Gasteiger partial charge in [0.15, 0.2) is 17.5 Å². The van der Waals surface area contributed by atoms with Crippen molar-refractivity contribution in [2.75, 3.05) is 0 Å². The summed E-state index contributed by atoms with van der Waals surface area (Å²) in [5.41, 5.74) is -0.330. The molecule has 0 saturated heterocycles. The zero-order valence-corrected chi connectivity index (χ0v) is 18.1. The summed E-state index contributed by atoms with van der Waals surface area (Å²) >= 11 is 1.28. The van der Waals surface area contributed by atoms with E-state index in [2.05, 4.69) is 46.9 Å². The Kier molecular flexibility index (Phi) is 8.44. The fourth-order valence-electron chi connectivity index (χ4n) is 2.06. The minimum atomic E-state index is -0.330. The number of nitrogens with zero attached hydrogens (tertiary/aromatic N) is 5. The predicted molar refractivity (Wildman–Crippen MR) is 109 cm³/mol. The molecule has 0 fully saturated rings. The van der Waals surface area contributed by atoms with Crippen molar-refractivity contribution in [2.45, 2.75) is 73.0 Å². The van der Waals surface area contributed by atoms with Gasteiger partial charge in [0, 0.05) is 6.42 Å². The van der Waals surface area contributed by atoms with Crippen LogP contribution in [0.15, 0.2) is 18.7 Å². The third kappa shape index (κ3) is 7.02. The Morgan fingerprint density at radius 1 is 1.41 bits per heavy atom. The molecule has 2 heterocycles. The van der Waals surface area contributed by atoms with Crippen molar-refractivity contribution >= 4 is 11.3 Å². The monoisotopic (exact) mass is 390 g/mol. The summed E-state index contributed by atoms with van der Waals surface area (Å²) in [6.07, 6.45) is 3.50. The van der Waals surface area contributed by atoms with Gasteiger partial charge in [-0.3, -0.25) is 0 Å². The van der Waals surface area contributed by atoms with Gasteiger partial charge >= 0.3 is 0 Å². The fourth-order valence-corrected chi connectivity index (χ4v) is 2.73. The van der Waals surface area contributed by atoms with E-state index in [1.807, 2.05) is 34.6 Å². The topological polar surface area (TPSA) is 88.7 Å². The largest absolute Gasteiger partial charge is 0.474 e. The van der Waals surface area contributed by atoms with Crippen LogP contribution >= 0.6 is 11.3 Å². The first-order valence-electron chi connectivity index (χ1n) is 9.11. The highest BCUT2D eigenvalue weighted by Crippen LogP contribution is 2.22. The number of hydrogen-bond donors (Lipinski definition) is 1. The lowest BCUT2D eigenvalue weighted by Crippen LogP contribution is -2.28. The quantitative estimate of drug-likeness (QED) is 0.730. The van der Waals surface area contributed by atoms with Gasteiger partial charge in [-0.05, 0) is 34.3 Å². The zero-order chi connectivity index (χ0) is 20.6. The third-order valence-corrected chi connectivity index (χ3v) is 3.85. The normalized spacial score (nSPS) is 11.8. The van der Waals surface area contributed by atoms with Gasteiger partial charge < -0.3 is 10.1 Å². The fraction of sp³-hybridized carbons (Fsp3) is 0.579. The van der Waals surface area contributed by atoms with Gasteiger partial charge in [0.2, 0.25) is 5.13 Å². The summed E-state index contributed by atoms with van der Waals surface area (Å²) in [5, 5.41) is 17.3. The molecule has 1 N–H and O–H groups in total. The first kappa shape index (κ1) is 22.6. The Morgan fingerprint density at radius 3 is 2.52 bits per heavy atom. The second-order valence-electron chi connectivity index (χ2n) is 6.98. The minimum absolute atomic E-state index is 0.179. The summed E-state index contributed by atoms with van der Waals surface area (Å²) in [6.45, 7) is 18.0. The van der Waals surface area contributed by atoms with E-state index in [0.717, 1.165) is 5.82 Å². The Hall–Kier alpha value is -2.40. The molecule has 0 aliphatic carbocycles. The van der Waals surface area contributed by atoms with E-state index in [4.69, 9.17) is 10.00 Å². The number of ether oxygens (including phenoxy) is 1. The van der Waals surface area contributed by atoms with E-state index in [1.165, 1.54) is 24.0 Å². The number of hydrogen-bond acceptors (Lipinski definition) is 7. The van der Waals surface area contributed by atoms with Crippen LogP contribution in [0, 0.1) is 11.3 Å². The Bertz CT molecular complexity index is 781. The van der Waals surface area contributed by atoms with Crippen molar-refractivity contribution in [3.63, 3.8) is 0 Å². The highest BCUT2D eigenvalue weighted by molar-refractivity contribution is 7.14. The minimum Gasteiger partial charge on any atom is -0.474 e. The standard InChI is InChI=1S/C16H22N6OS.C3H8/c1-7-13-20-14(10(2)19-11(3)23-16(4,5)6)22(21-13)15-18-9-12(8-17)24-15;1-3-2/h9-10,19H,3,7H2,1-2,4-6H3;3H2,1-2H3. The molecule has 2 aromatic heterocycles. The van der Waals surface area contributed by atoms with E-state index in [0.29, 0.717) is 28.1 Å². The lowest BCUT2D eigenvalue weighted by Gasteiger charge is -2.25. The van der Waals surface area contributed by atoms with Gasteiger partial charge in [0.1, 0.15) is 16.5 Å². The van der Waals surface area contributed by atoms with Crippen LogP contribution in [-0.2, 0) is 11.2 Å². The van der Waals surface area contributed by atoms with Crippen LogP contribution in [0.5, 0.6) is 0 Å². The molecular weight excluding hydrogens is 360 g/mol. The molecule has 0 aliphatic heterocycles. The molecule has 2 aromatic rings. The van der Waals surface area contributed by atoms with Crippen LogP contribution < -0.4 is 5.32 Å². The number of nitriles is 1. The SMILES string of the molecule is C=C(NC(C)c1nc(CC)nn1-c1ncc(C#N)s1)OC(C)(C)C.CCC. The van der Waals surface area contributed by atoms with Crippen molar-refractivity contribution in [1.82, 2.24) is 25.1 Å². The Labute approximate surface area is 166 Å².